The van der Waals surface area contributed by atoms with Gasteiger partial charge in [0, 0.05) is 12.1 Å². The minimum atomic E-state index is -0.257. The number of nitriles is 2. The molecule has 20 heavy (non-hydrogen) atoms. The molecule has 1 heterocycles. The van der Waals surface area contributed by atoms with Gasteiger partial charge in [0.2, 0.25) is 0 Å². The first kappa shape index (κ1) is 14.1. The zero-order chi connectivity index (χ0) is 14.7. The highest BCUT2D eigenvalue weighted by atomic mass is 35.5. The average molecular weight is 302 g/mol. The topological polar surface area (TPSA) is 69.6 Å². The van der Waals surface area contributed by atoms with Crippen molar-refractivity contribution in [2.24, 2.45) is 7.05 Å². The van der Waals surface area contributed by atoms with Crippen molar-refractivity contribution in [1.29, 1.82) is 10.5 Å². The summed E-state index contributed by atoms with van der Waals surface area (Å²) in [6.07, 6.45) is 1.66. The Balaban J connectivity index is 2.82. The Labute approximate surface area is 123 Å². The number of aromatic nitrogens is 1. The molecule has 98 valence electrons. The van der Waals surface area contributed by atoms with E-state index in [1.165, 1.54) is 11.6 Å². The highest BCUT2D eigenvalue weighted by Crippen LogP contribution is 2.14. The number of hydrogen-bond acceptors (Lipinski definition) is 4. The molecule has 0 saturated heterocycles. The normalized spacial score (nSPS) is 10.9. The lowest BCUT2D eigenvalue weighted by Crippen LogP contribution is -2.29. The maximum Gasteiger partial charge on any atom is 0.268 e. The maximum absolute atomic E-state index is 12.1. The van der Waals surface area contributed by atoms with Gasteiger partial charge in [-0.05, 0) is 17.7 Å². The van der Waals surface area contributed by atoms with E-state index in [1.807, 2.05) is 6.07 Å². The standard InChI is InChI=1S/C14H8ClN3OS/c1-18-13(19)12(20-14(18)10(7-16)8-17)6-9-4-2-3-5-11(9)15/h2-6H,1H3/b12-6-. The summed E-state index contributed by atoms with van der Waals surface area (Å²) in [5.74, 6) is 0. The first-order valence-corrected chi connectivity index (χ1v) is 6.74. The van der Waals surface area contributed by atoms with Crippen LogP contribution in [0.5, 0.6) is 0 Å². The first-order chi connectivity index (χ1) is 9.58. The SMILES string of the molecule is Cn1c(=C(C#N)C#N)s/c(=C\c2ccccc2Cl)c1=O. The Morgan fingerprint density at radius 1 is 1.35 bits per heavy atom. The molecule has 0 aliphatic carbocycles. The largest absolute Gasteiger partial charge is 0.300 e. The van der Waals surface area contributed by atoms with Gasteiger partial charge >= 0.3 is 0 Å². The highest BCUT2D eigenvalue weighted by molar-refractivity contribution is 7.07. The smallest absolute Gasteiger partial charge is 0.268 e. The van der Waals surface area contributed by atoms with Gasteiger partial charge in [-0.1, -0.05) is 29.8 Å². The fraction of sp³-hybridized carbons (Fsp3) is 0.0714. The average Bonchev–Trinajstić information content (AvgIpc) is 2.72. The van der Waals surface area contributed by atoms with E-state index in [1.54, 1.807) is 36.4 Å². The lowest BCUT2D eigenvalue weighted by Gasteiger charge is -1.94. The number of hydrogen-bond donors (Lipinski definition) is 0. The monoisotopic (exact) mass is 301 g/mol. The van der Waals surface area contributed by atoms with Crippen LogP contribution in [0.4, 0.5) is 0 Å². The predicted octanol–water partition coefficient (Wildman–Crippen LogP) is 1.13. The molecule has 1 aromatic carbocycles. The first-order valence-electron chi connectivity index (χ1n) is 5.55. The van der Waals surface area contributed by atoms with Crippen molar-refractivity contribution in [2.75, 3.05) is 0 Å². The van der Waals surface area contributed by atoms with E-state index in [9.17, 15) is 4.79 Å². The molecule has 0 aliphatic rings. The van der Waals surface area contributed by atoms with Crippen LogP contribution in [0.15, 0.2) is 29.1 Å². The molecule has 2 rings (SSSR count). The Hall–Kier alpha value is -2.34. The van der Waals surface area contributed by atoms with Gasteiger partial charge in [-0.2, -0.15) is 10.5 Å². The second-order valence-electron chi connectivity index (χ2n) is 3.90. The van der Waals surface area contributed by atoms with Crippen LogP contribution in [-0.4, -0.2) is 4.57 Å². The summed E-state index contributed by atoms with van der Waals surface area (Å²) < 4.78 is 2.08. The second kappa shape index (κ2) is 5.75. The fourth-order valence-corrected chi connectivity index (χ4v) is 2.86. The summed E-state index contributed by atoms with van der Waals surface area (Å²) in [4.78, 5) is 12.1. The number of benzene rings is 1. The van der Waals surface area contributed by atoms with E-state index in [0.29, 0.717) is 14.2 Å². The van der Waals surface area contributed by atoms with Crippen molar-refractivity contribution in [3.8, 4) is 12.1 Å². The molecular formula is C14H8ClN3OS. The van der Waals surface area contributed by atoms with E-state index in [2.05, 4.69) is 0 Å². The fourth-order valence-electron chi connectivity index (χ4n) is 1.64. The Morgan fingerprint density at radius 2 is 2.00 bits per heavy atom. The summed E-state index contributed by atoms with van der Waals surface area (Å²) in [6, 6.07) is 10.7. The molecule has 1 aromatic heterocycles. The van der Waals surface area contributed by atoms with Gasteiger partial charge < -0.3 is 4.57 Å². The van der Waals surface area contributed by atoms with Gasteiger partial charge in [-0.3, -0.25) is 4.79 Å². The maximum atomic E-state index is 12.1. The Morgan fingerprint density at radius 3 is 2.60 bits per heavy atom. The molecular weight excluding hydrogens is 294 g/mol. The number of halogens is 1. The van der Waals surface area contributed by atoms with E-state index in [-0.39, 0.29) is 11.1 Å². The third-order valence-electron chi connectivity index (χ3n) is 2.66. The number of nitrogens with zero attached hydrogens (tertiary/aromatic N) is 3. The third-order valence-corrected chi connectivity index (χ3v) is 4.18. The molecule has 0 N–H and O–H groups in total. The van der Waals surface area contributed by atoms with Gasteiger partial charge in [0.05, 0.1) is 4.53 Å². The molecule has 0 amide bonds. The molecule has 0 spiro atoms. The molecule has 0 saturated carbocycles. The Kier molecular flexibility index (Phi) is 4.05. The molecule has 0 fully saturated rings. The molecule has 6 heteroatoms. The molecule has 2 aromatic rings. The zero-order valence-electron chi connectivity index (χ0n) is 10.4. The summed E-state index contributed by atoms with van der Waals surface area (Å²) in [7, 11) is 1.53. The van der Waals surface area contributed by atoms with Crippen molar-refractivity contribution in [1.82, 2.24) is 4.57 Å². The van der Waals surface area contributed by atoms with Crippen molar-refractivity contribution >= 4 is 34.6 Å². The molecule has 0 radical (unpaired) electrons. The van der Waals surface area contributed by atoms with Crippen molar-refractivity contribution in [3.63, 3.8) is 0 Å². The van der Waals surface area contributed by atoms with Gasteiger partial charge in [0.15, 0.2) is 5.57 Å². The van der Waals surface area contributed by atoms with Crippen LogP contribution >= 0.6 is 22.9 Å². The number of rotatable bonds is 1. The molecule has 0 bridgehead atoms. The predicted molar refractivity (Wildman–Crippen MR) is 78.5 cm³/mol. The van der Waals surface area contributed by atoms with Crippen LogP contribution in [-0.2, 0) is 7.05 Å². The third kappa shape index (κ3) is 2.50. The van der Waals surface area contributed by atoms with E-state index in [0.717, 1.165) is 16.9 Å². The van der Waals surface area contributed by atoms with Crippen LogP contribution in [0.25, 0.3) is 11.6 Å². The van der Waals surface area contributed by atoms with Gasteiger partial charge in [0.1, 0.15) is 16.8 Å². The summed E-state index contributed by atoms with van der Waals surface area (Å²) >= 11 is 7.15. The van der Waals surface area contributed by atoms with Crippen LogP contribution in [0.3, 0.4) is 0 Å². The molecule has 0 aliphatic heterocycles. The molecule has 0 unspecified atom stereocenters. The lowest BCUT2D eigenvalue weighted by molar-refractivity contribution is 0.855. The highest BCUT2D eigenvalue weighted by Gasteiger charge is 2.06. The van der Waals surface area contributed by atoms with Gasteiger partial charge in [0.25, 0.3) is 5.56 Å². The van der Waals surface area contributed by atoms with E-state index >= 15 is 0 Å². The van der Waals surface area contributed by atoms with Crippen molar-refractivity contribution in [2.45, 2.75) is 0 Å². The van der Waals surface area contributed by atoms with Crippen LogP contribution in [0.2, 0.25) is 5.02 Å². The minimum Gasteiger partial charge on any atom is -0.300 e. The van der Waals surface area contributed by atoms with E-state index < -0.39 is 0 Å². The lowest BCUT2D eigenvalue weighted by atomic mass is 10.2. The zero-order valence-corrected chi connectivity index (χ0v) is 12.0. The summed E-state index contributed by atoms with van der Waals surface area (Å²) in [5.41, 5.74) is 0.386. The Bertz CT molecular complexity index is 909. The van der Waals surface area contributed by atoms with E-state index in [4.69, 9.17) is 22.1 Å². The molecule has 4 nitrogen and oxygen atoms in total. The van der Waals surface area contributed by atoms with Crippen LogP contribution < -0.4 is 14.8 Å². The van der Waals surface area contributed by atoms with Gasteiger partial charge in [-0.25, -0.2) is 0 Å². The quantitative estimate of drug-likeness (QED) is 0.793. The second-order valence-corrected chi connectivity index (χ2v) is 5.34. The molecule has 0 atom stereocenters. The minimum absolute atomic E-state index is 0.0755. The van der Waals surface area contributed by atoms with Crippen molar-refractivity contribution in [3.05, 3.63) is 54.4 Å². The van der Waals surface area contributed by atoms with Crippen LogP contribution in [0, 0.1) is 22.7 Å². The summed E-state index contributed by atoms with van der Waals surface area (Å²) in [5, 5.41) is 18.3. The van der Waals surface area contributed by atoms with Crippen LogP contribution in [0.1, 0.15) is 5.56 Å². The summed E-state index contributed by atoms with van der Waals surface area (Å²) in [6.45, 7) is 0. The number of thiazole rings is 1. The van der Waals surface area contributed by atoms with Crippen molar-refractivity contribution < 1.29 is 0 Å². The van der Waals surface area contributed by atoms with Gasteiger partial charge in [-0.15, -0.1) is 11.3 Å².